The molecule has 7 nitrogen and oxygen atoms in total. The second-order valence-electron chi connectivity index (χ2n) is 7.23. The van der Waals surface area contributed by atoms with Gasteiger partial charge in [-0.1, -0.05) is 47.7 Å². The molecule has 2 aliphatic rings. The molecule has 2 heterocycles. The quantitative estimate of drug-likeness (QED) is 0.333. The number of nitrogens with zero attached hydrogens (tertiary/aromatic N) is 1. The summed E-state index contributed by atoms with van der Waals surface area (Å²) in [6.07, 6.45) is 0. The monoisotopic (exact) mass is 514 g/mol. The van der Waals surface area contributed by atoms with E-state index in [-0.39, 0.29) is 35.5 Å². The molecule has 1 fully saturated rings. The maximum absolute atomic E-state index is 12.7. The molecule has 2 aromatic rings. The maximum atomic E-state index is 12.7. The number of β-lactam (4-membered cyclic amide) rings is 1. The highest BCUT2D eigenvalue weighted by Crippen LogP contribution is 2.40. The number of amides is 2. The van der Waals surface area contributed by atoms with Gasteiger partial charge in [0.25, 0.3) is 5.91 Å². The SMILES string of the molecule is O=C(CSc1cccc(Cl)c1)N[C@@H]1C(=O)N2C(C(=O)O)=C(OCC#Cc3ccccc3)CS[C@@H]12. The molecule has 2 amide bonds. The number of nitrogens with one attached hydrogen (secondary N) is 1. The van der Waals surface area contributed by atoms with Gasteiger partial charge in [-0.3, -0.25) is 14.5 Å². The minimum atomic E-state index is -1.26. The van der Waals surface area contributed by atoms with E-state index in [2.05, 4.69) is 17.2 Å². The normalized spacial score (nSPS) is 18.9. The molecule has 0 aromatic heterocycles. The molecular weight excluding hydrogens is 496 g/mol. The third-order valence-corrected chi connectivity index (χ3v) is 7.43. The number of aliphatic carboxylic acids is 1. The van der Waals surface area contributed by atoms with Crippen molar-refractivity contribution in [2.75, 3.05) is 18.1 Å². The van der Waals surface area contributed by atoms with Crippen molar-refractivity contribution >= 4 is 52.9 Å². The zero-order chi connectivity index (χ0) is 24.1. The minimum absolute atomic E-state index is 0.00481. The number of thioether (sulfide) groups is 2. The number of benzene rings is 2. The lowest BCUT2D eigenvalue weighted by atomic mass is 10.0. The molecular formula is C24H19ClN2O5S2. The Hall–Kier alpha value is -3.06. The van der Waals surface area contributed by atoms with Gasteiger partial charge in [0.05, 0.1) is 11.5 Å². The van der Waals surface area contributed by atoms with Gasteiger partial charge in [0, 0.05) is 15.5 Å². The molecule has 1 saturated heterocycles. The fourth-order valence-electron chi connectivity index (χ4n) is 3.41. The van der Waals surface area contributed by atoms with Gasteiger partial charge in [0.15, 0.2) is 5.70 Å². The lowest BCUT2D eigenvalue weighted by Gasteiger charge is -2.48. The van der Waals surface area contributed by atoms with E-state index in [1.165, 1.54) is 28.4 Å². The fraction of sp³-hybridized carbons (Fsp3) is 0.208. The molecule has 4 rings (SSSR count). The van der Waals surface area contributed by atoms with E-state index in [9.17, 15) is 19.5 Å². The Balaban J connectivity index is 1.35. The van der Waals surface area contributed by atoms with Crippen molar-refractivity contribution < 1.29 is 24.2 Å². The molecule has 2 aromatic carbocycles. The van der Waals surface area contributed by atoms with Crippen LogP contribution in [0, 0.1) is 11.8 Å². The van der Waals surface area contributed by atoms with Crippen LogP contribution in [0.2, 0.25) is 5.02 Å². The Morgan fingerprint density at radius 1 is 1.24 bits per heavy atom. The first-order valence-electron chi connectivity index (χ1n) is 10.2. The Bertz CT molecular complexity index is 1210. The number of carbonyl (C=O) groups excluding carboxylic acids is 2. The molecule has 174 valence electrons. The van der Waals surface area contributed by atoms with Crippen molar-refractivity contribution in [1.29, 1.82) is 0 Å². The van der Waals surface area contributed by atoms with Crippen LogP contribution in [-0.4, -0.2) is 57.3 Å². The first-order chi connectivity index (χ1) is 16.4. The third kappa shape index (κ3) is 5.53. The predicted molar refractivity (Wildman–Crippen MR) is 131 cm³/mol. The van der Waals surface area contributed by atoms with Crippen LogP contribution in [0.15, 0.2) is 70.9 Å². The van der Waals surface area contributed by atoms with Crippen LogP contribution in [0.25, 0.3) is 0 Å². The minimum Gasteiger partial charge on any atom is -0.482 e. The number of ether oxygens (including phenoxy) is 1. The van der Waals surface area contributed by atoms with Gasteiger partial charge >= 0.3 is 5.97 Å². The largest absolute Gasteiger partial charge is 0.482 e. The van der Waals surface area contributed by atoms with Crippen molar-refractivity contribution in [2.24, 2.45) is 0 Å². The Labute approximate surface area is 209 Å². The molecule has 2 aliphatic heterocycles. The van der Waals surface area contributed by atoms with Crippen LogP contribution >= 0.6 is 35.1 Å². The average molecular weight is 515 g/mol. The van der Waals surface area contributed by atoms with E-state index >= 15 is 0 Å². The number of fused-ring (bicyclic) bond motifs is 1. The number of carboxylic acids is 1. The molecule has 2 N–H and O–H groups in total. The highest BCUT2D eigenvalue weighted by molar-refractivity contribution is 8.00. The summed E-state index contributed by atoms with van der Waals surface area (Å²) in [6.45, 7) is -0.00481. The van der Waals surface area contributed by atoms with Crippen LogP contribution in [0.5, 0.6) is 0 Å². The van der Waals surface area contributed by atoms with Crippen LogP contribution < -0.4 is 5.32 Å². The van der Waals surface area contributed by atoms with Crippen molar-refractivity contribution in [3.05, 3.63) is 76.6 Å². The molecule has 10 heteroatoms. The van der Waals surface area contributed by atoms with Gasteiger partial charge < -0.3 is 15.2 Å². The van der Waals surface area contributed by atoms with Gasteiger partial charge in [-0.15, -0.1) is 23.5 Å². The van der Waals surface area contributed by atoms with Crippen LogP contribution in [0.4, 0.5) is 0 Å². The molecule has 0 unspecified atom stereocenters. The van der Waals surface area contributed by atoms with Crippen molar-refractivity contribution in [3.8, 4) is 11.8 Å². The van der Waals surface area contributed by atoms with Crippen molar-refractivity contribution in [3.63, 3.8) is 0 Å². The number of halogens is 1. The highest BCUT2D eigenvalue weighted by atomic mass is 35.5. The number of hydrogen-bond acceptors (Lipinski definition) is 6. The summed E-state index contributed by atoms with van der Waals surface area (Å²) >= 11 is 8.59. The van der Waals surface area contributed by atoms with Crippen molar-refractivity contribution in [1.82, 2.24) is 10.2 Å². The molecule has 0 saturated carbocycles. The van der Waals surface area contributed by atoms with Gasteiger partial charge in [-0.2, -0.15) is 0 Å². The lowest BCUT2D eigenvalue weighted by Crippen LogP contribution is -2.70. The summed E-state index contributed by atoms with van der Waals surface area (Å²) in [4.78, 5) is 39.0. The second-order valence-corrected chi connectivity index (χ2v) is 9.82. The predicted octanol–water partition coefficient (Wildman–Crippen LogP) is 3.20. The lowest BCUT2D eigenvalue weighted by molar-refractivity contribution is -0.151. The first kappa shape index (κ1) is 24.1. The molecule has 0 radical (unpaired) electrons. The molecule has 34 heavy (non-hydrogen) atoms. The van der Waals surface area contributed by atoms with E-state index in [0.29, 0.717) is 5.02 Å². The zero-order valence-corrected chi connectivity index (χ0v) is 20.1. The summed E-state index contributed by atoms with van der Waals surface area (Å²) in [7, 11) is 0. The third-order valence-electron chi connectivity index (χ3n) is 4.94. The number of carbonyl (C=O) groups is 3. The molecule has 0 spiro atoms. The van der Waals surface area contributed by atoms with Crippen LogP contribution in [0.3, 0.4) is 0 Å². The molecule has 0 bridgehead atoms. The zero-order valence-electron chi connectivity index (χ0n) is 17.7. The first-order valence-corrected chi connectivity index (χ1v) is 12.6. The van der Waals surface area contributed by atoms with E-state index < -0.39 is 23.3 Å². The summed E-state index contributed by atoms with van der Waals surface area (Å²) in [5.41, 5.74) is 0.621. The van der Waals surface area contributed by atoms with E-state index in [1.54, 1.807) is 18.2 Å². The van der Waals surface area contributed by atoms with E-state index in [4.69, 9.17) is 16.3 Å². The Morgan fingerprint density at radius 3 is 2.76 bits per heavy atom. The van der Waals surface area contributed by atoms with E-state index in [0.717, 1.165) is 10.5 Å². The Morgan fingerprint density at radius 2 is 2.03 bits per heavy atom. The van der Waals surface area contributed by atoms with Gasteiger partial charge in [0.2, 0.25) is 5.91 Å². The number of rotatable bonds is 7. The average Bonchev–Trinajstić information content (AvgIpc) is 2.84. The molecule has 2 atom stereocenters. The summed E-state index contributed by atoms with van der Waals surface area (Å²) in [6, 6.07) is 15.7. The van der Waals surface area contributed by atoms with E-state index in [1.807, 2.05) is 36.4 Å². The molecule has 0 aliphatic carbocycles. The summed E-state index contributed by atoms with van der Waals surface area (Å²) < 4.78 is 5.60. The smallest absolute Gasteiger partial charge is 0.356 e. The fourth-order valence-corrected chi connectivity index (χ4v) is 5.70. The second kappa shape index (κ2) is 10.9. The van der Waals surface area contributed by atoms with Gasteiger partial charge in [0.1, 0.15) is 23.8 Å². The summed E-state index contributed by atoms with van der Waals surface area (Å²) in [5.74, 6) is 4.28. The topological polar surface area (TPSA) is 95.9 Å². The van der Waals surface area contributed by atoms with Gasteiger partial charge in [-0.25, -0.2) is 4.79 Å². The van der Waals surface area contributed by atoms with Crippen molar-refractivity contribution in [2.45, 2.75) is 16.3 Å². The highest BCUT2D eigenvalue weighted by Gasteiger charge is 2.54. The Kier molecular flexibility index (Phi) is 7.73. The summed E-state index contributed by atoms with van der Waals surface area (Å²) in [5, 5.41) is 12.5. The number of carboxylic acid groups (broad SMARTS) is 1. The number of hydrogen-bond donors (Lipinski definition) is 2. The van der Waals surface area contributed by atoms with Crippen LogP contribution in [0.1, 0.15) is 5.56 Å². The standard InChI is InChI=1S/C24H19ClN2O5S2/c25-16-9-4-10-17(12-16)33-14-19(28)26-20-22(29)27-21(24(30)31)18(13-34-23(20)27)32-11-5-8-15-6-2-1-3-7-15/h1-4,6-7,9-10,12,20,23H,11,13-14H2,(H,26,28)(H,30,31)/t20-,23+/m1/s1. The van der Waals surface area contributed by atoms with Gasteiger partial charge in [-0.05, 0) is 30.3 Å². The maximum Gasteiger partial charge on any atom is 0.356 e. The van der Waals surface area contributed by atoms with Crippen LogP contribution in [-0.2, 0) is 19.1 Å².